The van der Waals surface area contributed by atoms with E-state index in [1.165, 1.54) is 12.1 Å². The number of phenols is 1. The van der Waals surface area contributed by atoms with E-state index < -0.39 is 5.97 Å². The number of furan rings is 1. The Balaban J connectivity index is 2.77. The lowest BCUT2D eigenvalue weighted by molar-refractivity contribution is 0.0696. The van der Waals surface area contributed by atoms with Crippen molar-refractivity contribution in [2.45, 2.75) is 6.92 Å². The van der Waals surface area contributed by atoms with Gasteiger partial charge >= 0.3 is 5.97 Å². The number of carbonyl (C=O) groups is 1. The monoisotopic (exact) mass is 192 g/mol. The molecule has 0 atom stereocenters. The van der Waals surface area contributed by atoms with Gasteiger partial charge in [0.1, 0.15) is 5.76 Å². The average Bonchev–Trinajstić information content (AvgIpc) is 2.45. The summed E-state index contributed by atoms with van der Waals surface area (Å²) in [5.74, 6) is -0.577. The topological polar surface area (TPSA) is 70.7 Å². The van der Waals surface area contributed by atoms with E-state index in [2.05, 4.69) is 0 Å². The van der Waals surface area contributed by atoms with Gasteiger partial charge in [-0.3, -0.25) is 0 Å². The van der Waals surface area contributed by atoms with Crippen molar-refractivity contribution in [3.63, 3.8) is 0 Å². The van der Waals surface area contributed by atoms with Gasteiger partial charge in [-0.1, -0.05) is 0 Å². The van der Waals surface area contributed by atoms with Crippen LogP contribution in [0.4, 0.5) is 0 Å². The van der Waals surface area contributed by atoms with Crippen LogP contribution in [0.2, 0.25) is 0 Å². The van der Waals surface area contributed by atoms with Crippen molar-refractivity contribution >= 4 is 16.9 Å². The number of aromatic carboxylic acids is 1. The zero-order chi connectivity index (χ0) is 10.3. The average molecular weight is 192 g/mol. The molecule has 0 aliphatic heterocycles. The maximum Gasteiger partial charge on any atom is 0.335 e. The molecule has 4 nitrogen and oxygen atoms in total. The molecule has 1 aromatic heterocycles. The van der Waals surface area contributed by atoms with Gasteiger partial charge in [-0.2, -0.15) is 0 Å². The van der Waals surface area contributed by atoms with Crippen molar-refractivity contribution in [3.8, 4) is 5.75 Å². The number of aryl methyl sites for hydroxylation is 1. The van der Waals surface area contributed by atoms with Gasteiger partial charge in [-0.25, -0.2) is 4.79 Å². The summed E-state index contributed by atoms with van der Waals surface area (Å²) in [4.78, 5) is 10.7. The number of aromatic hydroxyl groups is 1. The molecule has 0 aliphatic carbocycles. The SMILES string of the molecule is Cc1cc2cc(C(=O)O)cc(O)c2o1. The Morgan fingerprint density at radius 2 is 2.07 bits per heavy atom. The minimum absolute atomic E-state index is 0.0517. The Kier molecular flexibility index (Phi) is 1.70. The minimum Gasteiger partial charge on any atom is -0.504 e. The summed E-state index contributed by atoms with van der Waals surface area (Å²) in [6.07, 6.45) is 0. The first-order chi connectivity index (χ1) is 6.58. The van der Waals surface area contributed by atoms with Crippen LogP contribution < -0.4 is 0 Å². The second-order valence-electron chi connectivity index (χ2n) is 3.08. The van der Waals surface area contributed by atoms with Crippen LogP contribution in [0.25, 0.3) is 11.0 Å². The van der Waals surface area contributed by atoms with Crippen LogP contribution in [0.15, 0.2) is 22.6 Å². The molecule has 2 aromatic rings. The summed E-state index contributed by atoms with van der Waals surface area (Å²) in [5, 5.41) is 18.8. The van der Waals surface area contributed by atoms with E-state index in [1.54, 1.807) is 13.0 Å². The second-order valence-corrected chi connectivity index (χ2v) is 3.08. The molecular formula is C10H8O4. The highest BCUT2D eigenvalue weighted by Crippen LogP contribution is 2.29. The Hall–Kier alpha value is -1.97. The molecule has 0 saturated heterocycles. The second kappa shape index (κ2) is 2.77. The van der Waals surface area contributed by atoms with Crippen molar-refractivity contribution in [2.24, 2.45) is 0 Å². The fourth-order valence-corrected chi connectivity index (χ4v) is 1.39. The Labute approximate surface area is 79.4 Å². The maximum absolute atomic E-state index is 10.7. The molecule has 14 heavy (non-hydrogen) atoms. The third kappa shape index (κ3) is 1.21. The van der Waals surface area contributed by atoms with E-state index in [0.717, 1.165) is 0 Å². The molecule has 4 heteroatoms. The van der Waals surface area contributed by atoms with Gasteiger partial charge in [0, 0.05) is 5.39 Å². The summed E-state index contributed by atoms with van der Waals surface area (Å²) < 4.78 is 5.19. The number of fused-ring (bicyclic) bond motifs is 1. The molecule has 0 radical (unpaired) electrons. The van der Waals surface area contributed by atoms with Crippen LogP contribution in [-0.2, 0) is 0 Å². The van der Waals surface area contributed by atoms with E-state index in [4.69, 9.17) is 9.52 Å². The van der Waals surface area contributed by atoms with Crippen LogP contribution in [0.5, 0.6) is 5.75 Å². The summed E-state index contributed by atoms with van der Waals surface area (Å²) in [7, 11) is 0. The molecule has 0 spiro atoms. The number of carboxylic acid groups (broad SMARTS) is 1. The van der Waals surface area contributed by atoms with Crippen molar-refractivity contribution < 1.29 is 19.4 Å². The minimum atomic E-state index is -1.07. The van der Waals surface area contributed by atoms with Crippen molar-refractivity contribution in [3.05, 3.63) is 29.5 Å². The molecule has 0 unspecified atom stereocenters. The first-order valence-corrected chi connectivity index (χ1v) is 4.04. The third-order valence-electron chi connectivity index (χ3n) is 1.97. The molecule has 72 valence electrons. The Morgan fingerprint density at radius 3 is 2.71 bits per heavy atom. The van der Waals surface area contributed by atoms with Crippen LogP contribution in [0.1, 0.15) is 16.1 Å². The number of phenolic OH excluding ortho intramolecular Hbond substituents is 1. The van der Waals surface area contributed by atoms with Crippen LogP contribution in [0.3, 0.4) is 0 Å². The van der Waals surface area contributed by atoms with Crippen LogP contribution in [-0.4, -0.2) is 16.2 Å². The highest BCUT2D eigenvalue weighted by molar-refractivity contribution is 5.95. The summed E-state index contributed by atoms with van der Waals surface area (Å²) >= 11 is 0. The zero-order valence-electron chi connectivity index (χ0n) is 7.44. The smallest absolute Gasteiger partial charge is 0.335 e. The molecule has 0 bridgehead atoms. The summed E-state index contributed by atoms with van der Waals surface area (Å²) in [6.45, 7) is 1.74. The van der Waals surface area contributed by atoms with E-state index in [0.29, 0.717) is 16.7 Å². The van der Waals surface area contributed by atoms with E-state index >= 15 is 0 Å². The van der Waals surface area contributed by atoms with E-state index in [9.17, 15) is 9.90 Å². The van der Waals surface area contributed by atoms with Crippen molar-refractivity contribution in [1.82, 2.24) is 0 Å². The van der Waals surface area contributed by atoms with Gasteiger partial charge in [0.05, 0.1) is 5.56 Å². The normalized spacial score (nSPS) is 10.6. The first-order valence-electron chi connectivity index (χ1n) is 4.04. The molecular weight excluding hydrogens is 184 g/mol. The predicted octanol–water partition coefficient (Wildman–Crippen LogP) is 2.15. The van der Waals surface area contributed by atoms with Crippen molar-refractivity contribution in [2.75, 3.05) is 0 Å². The van der Waals surface area contributed by atoms with E-state index in [1.807, 2.05) is 0 Å². The third-order valence-corrected chi connectivity index (χ3v) is 1.97. The lowest BCUT2D eigenvalue weighted by atomic mass is 10.1. The van der Waals surface area contributed by atoms with Crippen LogP contribution in [0, 0.1) is 6.92 Å². The summed E-state index contributed by atoms with van der Waals surface area (Å²) in [6, 6.07) is 4.32. The number of rotatable bonds is 1. The number of hydrogen-bond donors (Lipinski definition) is 2. The molecule has 1 heterocycles. The van der Waals surface area contributed by atoms with Gasteiger partial charge in [-0.05, 0) is 25.1 Å². The highest BCUT2D eigenvalue weighted by atomic mass is 16.4. The zero-order valence-corrected chi connectivity index (χ0v) is 7.44. The lowest BCUT2D eigenvalue weighted by Gasteiger charge is -1.96. The standard InChI is InChI=1S/C10H8O4/c1-5-2-6-3-7(10(12)13)4-8(11)9(6)14-5/h2-4,11H,1H3,(H,12,13). The molecule has 2 rings (SSSR count). The van der Waals surface area contributed by atoms with Gasteiger partial charge in [0.2, 0.25) is 0 Å². The van der Waals surface area contributed by atoms with Gasteiger partial charge in [0.15, 0.2) is 11.3 Å². The largest absolute Gasteiger partial charge is 0.504 e. The van der Waals surface area contributed by atoms with Gasteiger partial charge in [0.25, 0.3) is 0 Å². The fraction of sp³-hybridized carbons (Fsp3) is 0.100. The quantitative estimate of drug-likeness (QED) is 0.726. The maximum atomic E-state index is 10.7. The fourth-order valence-electron chi connectivity index (χ4n) is 1.39. The number of benzene rings is 1. The molecule has 0 fully saturated rings. The molecule has 0 amide bonds. The number of carboxylic acids is 1. The molecule has 0 saturated carbocycles. The molecule has 1 aromatic carbocycles. The van der Waals surface area contributed by atoms with E-state index in [-0.39, 0.29) is 11.3 Å². The Morgan fingerprint density at radius 1 is 1.36 bits per heavy atom. The molecule has 2 N–H and O–H groups in total. The predicted molar refractivity (Wildman–Crippen MR) is 49.6 cm³/mol. The summed E-state index contributed by atoms with van der Waals surface area (Å²) in [5.41, 5.74) is 0.378. The van der Waals surface area contributed by atoms with Gasteiger partial charge in [-0.15, -0.1) is 0 Å². The van der Waals surface area contributed by atoms with Crippen molar-refractivity contribution in [1.29, 1.82) is 0 Å². The van der Waals surface area contributed by atoms with Crippen LogP contribution >= 0.6 is 0 Å². The Bertz CT molecular complexity index is 510. The first kappa shape index (κ1) is 8.62. The number of hydrogen-bond acceptors (Lipinski definition) is 3. The van der Waals surface area contributed by atoms with Gasteiger partial charge < -0.3 is 14.6 Å². The highest BCUT2D eigenvalue weighted by Gasteiger charge is 2.11. The lowest BCUT2D eigenvalue weighted by Crippen LogP contribution is -1.94. The molecule has 0 aliphatic rings.